The molecule has 5 heterocycles. The molecule has 1 atom stereocenters. The summed E-state index contributed by atoms with van der Waals surface area (Å²) in [6.45, 7) is 13.9. The number of piperidine rings is 1. The fraction of sp³-hybridized carbons (Fsp3) is 0.562. The van der Waals surface area contributed by atoms with Crippen molar-refractivity contribution < 1.29 is 37.7 Å². The molecule has 0 aliphatic carbocycles. The van der Waals surface area contributed by atoms with E-state index in [1.807, 2.05) is 0 Å². The summed E-state index contributed by atoms with van der Waals surface area (Å²) in [4.78, 5) is 15.6. The molecule has 6 rings (SSSR count). The molecule has 44 heavy (non-hydrogen) atoms. The summed E-state index contributed by atoms with van der Waals surface area (Å²) in [6.07, 6.45) is 3.76. The molecule has 1 aromatic carbocycles. The van der Waals surface area contributed by atoms with Gasteiger partial charge in [0.25, 0.3) is 6.47 Å². The topological polar surface area (TPSA) is 107 Å². The van der Waals surface area contributed by atoms with Crippen LogP contribution in [0.2, 0.25) is 0 Å². The molecule has 4 bridgehead atoms. The summed E-state index contributed by atoms with van der Waals surface area (Å²) in [5, 5.41) is 17.5. The smallest absolute Gasteiger partial charge is 0.416 e. The highest BCUT2D eigenvalue weighted by molar-refractivity contribution is 6.00. The molecule has 0 spiro atoms. The summed E-state index contributed by atoms with van der Waals surface area (Å²) in [5.41, 5.74) is 5.51. The van der Waals surface area contributed by atoms with Crippen LogP contribution in [0.15, 0.2) is 52.6 Å². The standard InChI is InChI=1S/C27H33F3N4O2.C4H10O.CH2O2/c1-4-23-18(2)31-24-15-22-17-35-16-20-7-8-21(27(28,29)30)14-19(20)6-5-13-36-26(3)9-11-33(12-10-26)25(23)34(24)32-22;1-4(2,3)5;2-1-3/h5-8,14-15,22,32H,4,9-13,16-17H2,1-3H3;5H,1-3H3;1H,(H,2,3)/b6-5+;;. The molecule has 5 aliphatic rings. The van der Waals surface area contributed by atoms with Crippen LogP contribution in [-0.2, 0) is 27.1 Å². The van der Waals surface area contributed by atoms with Gasteiger partial charge >= 0.3 is 6.18 Å². The molecule has 1 unspecified atom stereocenters. The first kappa shape index (κ1) is 35.3. The molecule has 0 radical (unpaired) electrons. The Morgan fingerprint density at radius 2 is 1.84 bits per heavy atom. The Morgan fingerprint density at radius 3 is 2.43 bits per heavy atom. The Balaban J connectivity index is 0.000000592. The Kier molecular flexibility index (Phi) is 11.8. The summed E-state index contributed by atoms with van der Waals surface area (Å²) < 4.78 is 52.3. The maximum absolute atomic E-state index is 13.3. The van der Waals surface area contributed by atoms with Crippen LogP contribution in [0.1, 0.15) is 77.5 Å². The minimum atomic E-state index is -4.40. The van der Waals surface area contributed by atoms with Crippen LogP contribution in [0.4, 0.5) is 13.2 Å². The molecule has 12 heteroatoms. The van der Waals surface area contributed by atoms with Gasteiger partial charge < -0.3 is 24.6 Å². The molecule has 244 valence electrons. The number of fused-ring (bicyclic) bond motifs is 6. The van der Waals surface area contributed by atoms with Gasteiger partial charge in [0.05, 0.1) is 42.6 Å². The van der Waals surface area contributed by atoms with E-state index in [1.165, 1.54) is 17.7 Å². The van der Waals surface area contributed by atoms with Gasteiger partial charge in [-0.05, 0) is 83.2 Å². The second-order valence-corrected chi connectivity index (χ2v) is 12.3. The lowest BCUT2D eigenvalue weighted by atomic mass is 9.92. The number of aliphatic hydroxyl groups is 1. The second kappa shape index (κ2) is 14.7. The monoisotopic (exact) mass is 622 g/mol. The highest BCUT2D eigenvalue weighted by atomic mass is 19.4. The van der Waals surface area contributed by atoms with Crippen molar-refractivity contribution in [2.45, 2.75) is 90.8 Å². The van der Waals surface area contributed by atoms with Crippen LogP contribution < -0.4 is 5.43 Å². The number of carbonyl (C=O) groups is 1. The average Bonchev–Trinajstić information content (AvgIpc) is 3.32. The highest BCUT2D eigenvalue weighted by Crippen LogP contribution is 2.36. The third kappa shape index (κ3) is 9.65. The molecule has 9 nitrogen and oxygen atoms in total. The van der Waals surface area contributed by atoms with E-state index in [0.717, 1.165) is 55.8 Å². The van der Waals surface area contributed by atoms with Gasteiger partial charge in [0.15, 0.2) is 0 Å². The van der Waals surface area contributed by atoms with E-state index in [1.54, 1.807) is 32.9 Å². The fourth-order valence-electron chi connectivity index (χ4n) is 5.26. The lowest BCUT2D eigenvalue weighted by Crippen LogP contribution is -2.51. The second-order valence-electron chi connectivity index (χ2n) is 12.3. The van der Waals surface area contributed by atoms with Crippen LogP contribution >= 0.6 is 0 Å². The van der Waals surface area contributed by atoms with Gasteiger partial charge in [-0.25, -0.2) is 15.4 Å². The Hall–Kier alpha value is -3.19. The highest BCUT2D eigenvalue weighted by Gasteiger charge is 2.38. The zero-order valence-electron chi connectivity index (χ0n) is 26.4. The van der Waals surface area contributed by atoms with Crippen molar-refractivity contribution in [3.05, 3.63) is 64.3 Å². The van der Waals surface area contributed by atoms with Gasteiger partial charge in [-0.1, -0.05) is 25.1 Å². The van der Waals surface area contributed by atoms with E-state index >= 15 is 0 Å². The molecule has 1 fully saturated rings. The first-order chi connectivity index (χ1) is 20.6. The van der Waals surface area contributed by atoms with E-state index < -0.39 is 17.3 Å². The zero-order chi connectivity index (χ0) is 32.7. The Morgan fingerprint density at radius 1 is 1.20 bits per heavy atom. The van der Waals surface area contributed by atoms with Crippen molar-refractivity contribution >= 4 is 18.3 Å². The molecule has 0 saturated carbocycles. The van der Waals surface area contributed by atoms with E-state index in [0.29, 0.717) is 24.3 Å². The van der Waals surface area contributed by atoms with E-state index in [2.05, 4.69) is 42.2 Å². The molecule has 1 aromatic rings. The number of benzene rings is 1. The zero-order valence-corrected chi connectivity index (χ0v) is 26.4. The van der Waals surface area contributed by atoms with E-state index in [4.69, 9.17) is 29.5 Å². The summed E-state index contributed by atoms with van der Waals surface area (Å²) in [5.74, 6) is 2.01. The lowest BCUT2D eigenvalue weighted by Gasteiger charge is -2.44. The van der Waals surface area contributed by atoms with Gasteiger partial charge in [0.1, 0.15) is 11.6 Å². The Bertz CT molecular complexity index is 1270. The number of nitrogens with one attached hydrogen (secondary N) is 1. The molecule has 5 aliphatic heterocycles. The van der Waals surface area contributed by atoms with Crippen LogP contribution in [0, 0.1) is 0 Å². The largest absolute Gasteiger partial charge is 0.483 e. The predicted octanol–water partition coefficient (Wildman–Crippen LogP) is 5.72. The van der Waals surface area contributed by atoms with Crippen molar-refractivity contribution in [1.82, 2.24) is 15.3 Å². The van der Waals surface area contributed by atoms with Gasteiger partial charge in [0, 0.05) is 24.4 Å². The minimum absolute atomic E-state index is 0.0923. The molecule has 0 amide bonds. The van der Waals surface area contributed by atoms with Gasteiger partial charge in [0.2, 0.25) is 0 Å². The maximum Gasteiger partial charge on any atom is 0.416 e. The van der Waals surface area contributed by atoms with Crippen LogP contribution in [0.3, 0.4) is 0 Å². The molecular formula is C32H45F3N4O5. The van der Waals surface area contributed by atoms with Gasteiger partial charge in [-0.3, -0.25) is 4.79 Å². The summed E-state index contributed by atoms with van der Waals surface area (Å²) in [7, 11) is 0. The van der Waals surface area contributed by atoms with Crippen molar-refractivity contribution in [2.24, 2.45) is 4.99 Å². The quantitative estimate of drug-likeness (QED) is 0.342. The van der Waals surface area contributed by atoms with E-state index in [-0.39, 0.29) is 24.7 Å². The third-order valence-electron chi connectivity index (χ3n) is 7.40. The van der Waals surface area contributed by atoms with Gasteiger partial charge in [-0.2, -0.15) is 13.2 Å². The molecule has 3 N–H and O–H groups in total. The number of alkyl halides is 3. The fourth-order valence-corrected chi connectivity index (χ4v) is 5.26. The average molecular weight is 623 g/mol. The number of ether oxygens (including phenoxy) is 2. The summed E-state index contributed by atoms with van der Waals surface area (Å²) in [6, 6.07) is 3.70. The number of hydrogen-bond donors (Lipinski definition) is 3. The van der Waals surface area contributed by atoms with Gasteiger partial charge in [-0.15, -0.1) is 0 Å². The van der Waals surface area contributed by atoms with E-state index in [9.17, 15) is 13.2 Å². The number of carboxylic acid groups (broad SMARTS) is 1. The first-order valence-electron chi connectivity index (χ1n) is 14.8. The number of rotatable bonds is 1. The van der Waals surface area contributed by atoms with Crippen LogP contribution in [-0.4, -0.2) is 75.9 Å². The third-order valence-corrected chi connectivity index (χ3v) is 7.40. The van der Waals surface area contributed by atoms with Crippen molar-refractivity contribution in [3.8, 4) is 0 Å². The van der Waals surface area contributed by atoms with Crippen molar-refractivity contribution in [3.63, 3.8) is 0 Å². The normalized spacial score (nSPS) is 24.5. The number of hydrogen-bond acceptors (Lipinski definition) is 8. The van der Waals surface area contributed by atoms with Crippen molar-refractivity contribution in [2.75, 3.05) is 26.3 Å². The maximum atomic E-state index is 13.3. The number of hydrazine groups is 1. The minimum Gasteiger partial charge on any atom is -0.483 e. The first-order valence-corrected chi connectivity index (χ1v) is 14.8. The SMILES string of the molecule is CC(C)(C)O.CCC1=C2N3CCC(C)(CC3)OC/C=C/c3cc(C(F)(F)F)ccc3COCC3C=C(N=C1C)N2N3.O=CO. The van der Waals surface area contributed by atoms with Crippen LogP contribution in [0.5, 0.6) is 0 Å². The summed E-state index contributed by atoms with van der Waals surface area (Å²) >= 11 is 0. The molecular weight excluding hydrogens is 577 g/mol. The molecule has 1 saturated heterocycles. The lowest BCUT2D eigenvalue weighted by molar-refractivity contribution is -0.137. The number of allylic oxidation sites excluding steroid dienone is 1. The Labute approximate surface area is 257 Å². The van der Waals surface area contributed by atoms with Crippen molar-refractivity contribution in [1.29, 1.82) is 0 Å². The number of aliphatic imine (C=N–C) groups is 1. The predicted molar refractivity (Wildman–Crippen MR) is 163 cm³/mol. The number of nitrogens with zero attached hydrogens (tertiary/aromatic N) is 3. The molecule has 0 aromatic heterocycles. The number of halogens is 3. The van der Waals surface area contributed by atoms with Crippen LogP contribution in [0.25, 0.3) is 6.08 Å².